The molecule has 0 aliphatic carbocycles. The third-order valence-electron chi connectivity index (χ3n) is 12.0. The summed E-state index contributed by atoms with van der Waals surface area (Å²) in [6.07, 6.45) is 0. The van der Waals surface area contributed by atoms with Gasteiger partial charge in [-0.25, -0.2) is 15.0 Å². The number of hydrogen-bond acceptors (Lipinski definition) is 4. The molecule has 0 atom stereocenters. The Kier molecular flexibility index (Phi) is 6.94. The van der Waals surface area contributed by atoms with Gasteiger partial charge >= 0.3 is 0 Å². The van der Waals surface area contributed by atoms with E-state index in [1.807, 2.05) is 42.5 Å². The monoisotopic (exact) mass is 826 g/mol. The summed E-state index contributed by atoms with van der Waals surface area (Å²) in [6, 6.07) is 60.8. The number of rotatable bonds is 6. The second-order valence-corrected chi connectivity index (χ2v) is 16.6. The van der Waals surface area contributed by atoms with Crippen LogP contribution >= 0.6 is 11.3 Å². The molecule has 9 aromatic carbocycles. The van der Waals surface area contributed by atoms with Gasteiger partial charge < -0.3 is 9.13 Å². The molecule has 0 saturated carbocycles. The van der Waals surface area contributed by atoms with Gasteiger partial charge in [-0.2, -0.15) is 0 Å². The quantitative estimate of drug-likeness (QED) is 0.168. The molecule has 4 aromatic heterocycles. The minimum Gasteiger partial charge on any atom is -0.309 e. The Morgan fingerprint density at radius 1 is 0.349 bits per heavy atom. The first-order chi connectivity index (χ1) is 33.3. The molecule has 0 spiro atoms. The first-order valence-electron chi connectivity index (χ1n) is 23.3. The van der Waals surface area contributed by atoms with Crippen molar-refractivity contribution in [3.05, 3.63) is 212 Å². The van der Waals surface area contributed by atoms with Gasteiger partial charge in [0.15, 0.2) is 17.5 Å². The number of benzene rings is 9. The third kappa shape index (κ3) is 5.66. The van der Waals surface area contributed by atoms with E-state index in [0.717, 1.165) is 86.5 Å². The van der Waals surface area contributed by atoms with Crippen molar-refractivity contribution in [2.75, 3.05) is 0 Å². The lowest BCUT2D eigenvalue weighted by Gasteiger charge is -2.13. The molecule has 6 heteroatoms. The van der Waals surface area contributed by atoms with E-state index < -0.39 is 18.1 Å². The van der Waals surface area contributed by atoms with E-state index in [4.69, 9.17) is 21.8 Å². The Hall–Kier alpha value is -8.19. The van der Waals surface area contributed by atoms with Crippen LogP contribution in [0.2, 0.25) is 0 Å². The molecule has 0 bridgehead atoms. The summed E-state index contributed by atoms with van der Waals surface area (Å²) in [5, 5.41) is 6.64. The highest BCUT2D eigenvalue weighted by molar-refractivity contribution is 7.26. The first-order valence-corrected chi connectivity index (χ1v) is 21.6. The molecule has 63 heavy (non-hydrogen) atoms. The Morgan fingerprint density at radius 3 is 1.57 bits per heavy atom. The van der Waals surface area contributed by atoms with Crippen LogP contribution in [0.1, 0.15) is 6.85 Å². The maximum atomic E-state index is 9.00. The van der Waals surface area contributed by atoms with Crippen LogP contribution in [0.5, 0.6) is 0 Å². The molecule has 0 amide bonds. The van der Waals surface area contributed by atoms with Crippen LogP contribution < -0.4 is 0 Å². The van der Waals surface area contributed by atoms with Crippen molar-refractivity contribution in [1.29, 1.82) is 0 Å². The number of fused-ring (bicyclic) bond motifs is 9. The van der Waals surface area contributed by atoms with E-state index in [-0.39, 0.29) is 23.5 Å². The summed E-state index contributed by atoms with van der Waals surface area (Å²) < 4.78 is 50.2. The van der Waals surface area contributed by atoms with Crippen molar-refractivity contribution in [2.24, 2.45) is 0 Å². The Labute approximate surface area is 373 Å². The van der Waals surface area contributed by atoms with Gasteiger partial charge in [-0.1, -0.05) is 164 Å². The van der Waals surface area contributed by atoms with Gasteiger partial charge in [0.05, 0.1) is 28.9 Å². The molecule has 0 saturated heterocycles. The largest absolute Gasteiger partial charge is 0.309 e. The van der Waals surface area contributed by atoms with Crippen molar-refractivity contribution < 1.29 is 6.85 Å². The Bertz CT molecular complexity index is 4180. The van der Waals surface area contributed by atoms with Crippen LogP contribution in [-0.4, -0.2) is 24.1 Å². The maximum absolute atomic E-state index is 9.00. The number of aromatic nitrogens is 5. The zero-order valence-corrected chi connectivity index (χ0v) is 34.3. The van der Waals surface area contributed by atoms with E-state index in [9.17, 15) is 0 Å². The highest BCUT2D eigenvalue weighted by Gasteiger charge is 2.23. The predicted molar refractivity (Wildman–Crippen MR) is 263 cm³/mol. The number of para-hydroxylation sites is 3. The van der Waals surface area contributed by atoms with Gasteiger partial charge in [0, 0.05) is 69.8 Å². The van der Waals surface area contributed by atoms with Gasteiger partial charge in [0.1, 0.15) is 0 Å². The van der Waals surface area contributed by atoms with E-state index in [0.29, 0.717) is 17.2 Å². The second kappa shape index (κ2) is 14.2. The number of hydrogen-bond donors (Lipinski definition) is 0. The highest BCUT2D eigenvalue weighted by Crippen LogP contribution is 2.46. The van der Waals surface area contributed by atoms with Crippen LogP contribution in [0.25, 0.3) is 120 Å². The minimum absolute atomic E-state index is 0.0107. The summed E-state index contributed by atoms with van der Waals surface area (Å²) in [4.78, 5) is 15.1. The molecule has 13 rings (SSSR count). The fourth-order valence-electron chi connectivity index (χ4n) is 9.28. The van der Waals surface area contributed by atoms with Crippen molar-refractivity contribution in [2.45, 2.75) is 0 Å². The predicted octanol–water partition coefficient (Wildman–Crippen LogP) is 15.1. The van der Waals surface area contributed by atoms with Crippen LogP contribution in [0, 0.1) is 0 Å². The molecule has 0 radical (unpaired) electrons. The summed E-state index contributed by atoms with van der Waals surface area (Å²) in [5.41, 5.74) is 9.74. The maximum Gasteiger partial charge on any atom is 0.165 e. The third-order valence-corrected chi connectivity index (χ3v) is 13.3. The minimum atomic E-state index is -0.484. The van der Waals surface area contributed by atoms with Crippen LogP contribution in [0.3, 0.4) is 0 Å². The van der Waals surface area contributed by atoms with E-state index in [2.05, 4.69) is 149 Å². The van der Waals surface area contributed by atoms with Gasteiger partial charge in [-0.3, -0.25) is 0 Å². The average Bonchev–Trinajstić information content (AvgIpc) is 4.04. The zero-order valence-electron chi connectivity index (χ0n) is 38.5. The van der Waals surface area contributed by atoms with E-state index in [1.165, 1.54) is 5.39 Å². The molecular weight excluding hydrogens is 787 g/mol. The highest BCUT2D eigenvalue weighted by atomic mass is 32.1. The van der Waals surface area contributed by atoms with Gasteiger partial charge in [0.25, 0.3) is 0 Å². The molecule has 0 unspecified atom stereocenters. The molecule has 0 aliphatic rings. The van der Waals surface area contributed by atoms with Crippen molar-refractivity contribution in [1.82, 2.24) is 24.1 Å². The molecule has 4 heterocycles. The summed E-state index contributed by atoms with van der Waals surface area (Å²) in [7, 11) is 0. The first kappa shape index (κ1) is 30.8. The fourth-order valence-corrected chi connectivity index (χ4v) is 10.6. The molecule has 0 fully saturated rings. The number of thiophene rings is 1. The van der Waals surface area contributed by atoms with Crippen LogP contribution in [0.4, 0.5) is 0 Å². The normalized spacial score (nSPS) is 12.9. The lowest BCUT2D eigenvalue weighted by molar-refractivity contribution is 1.07. The summed E-state index contributed by atoms with van der Waals surface area (Å²) >= 11 is 1.67. The zero-order chi connectivity index (χ0) is 45.8. The van der Waals surface area contributed by atoms with Gasteiger partial charge in [0.2, 0.25) is 0 Å². The SMILES string of the molecule is [2H]c1c([2H])c([2H])c(-c2nc(-c3ccccc3)nc(-c3cc(-n4c5ccccc5c5cc6c7ccccc7n(-c7ccccc7)c6cc54)cc4c3sc3c(-c5ccccc5)cccc34)n2)c([2H])c1[2H]. The molecule has 0 aliphatic heterocycles. The smallest absolute Gasteiger partial charge is 0.165 e. The topological polar surface area (TPSA) is 48.5 Å². The Balaban J connectivity index is 1.17. The van der Waals surface area contributed by atoms with E-state index in [1.54, 1.807) is 11.3 Å². The van der Waals surface area contributed by atoms with Gasteiger partial charge in [-0.15, -0.1) is 11.3 Å². The molecule has 13 aromatic rings. The van der Waals surface area contributed by atoms with Gasteiger partial charge in [-0.05, 0) is 59.7 Å². The fraction of sp³-hybridized carbons (Fsp3) is 0. The molecular formula is C57H35N5S. The molecule has 0 N–H and O–H groups in total. The molecule has 294 valence electrons. The number of nitrogens with zero attached hydrogens (tertiary/aromatic N) is 5. The van der Waals surface area contributed by atoms with Crippen molar-refractivity contribution >= 4 is 75.1 Å². The van der Waals surface area contributed by atoms with Crippen LogP contribution in [0.15, 0.2) is 212 Å². The average molecular weight is 827 g/mol. The second-order valence-electron chi connectivity index (χ2n) is 15.6. The Morgan fingerprint density at radius 2 is 0.889 bits per heavy atom. The summed E-state index contributed by atoms with van der Waals surface area (Å²) in [6.45, 7) is 0. The van der Waals surface area contributed by atoms with Crippen LogP contribution in [-0.2, 0) is 0 Å². The molecule has 5 nitrogen and oxygen atoms in total. The lowest BCUT2D eigenvalue weighted by Crippen LogP contribution is -2.01. The van der Waals surface area contributed by atoms with Crippen molar-refractivity contribution in [3.63, 3.8) is 0 Å². The van der Waals surface area contributed by atoms with E-state index >= 15 is 0 Å². The summed E-state index contributed by atoms with van der Waals surface area (Å²) in [5.74, 6) is 0.617. The lowest BCUT2D eigenvalue weighted by atomic mass is 10.0. The van der Waals surface area contributed by atoms with Crippen molar-refractivity contribution in [3.8, 4) is 56.7 Å². The standard InChI is InChI=1S/C57H35N5S/c1-5-18-36(19-6-1)41-28-17-29-44-47-32-40(33-48(54(47)63-53(41)44)57-59-55(37-20-7-2-8-21-37)58-56(60-57)38-22-9-3-10-23-38)62-50-31-16-14-27-43(50)46-34-45-42-26-13-15-30-49(42)61(51(45)35-52(46)62)39-24-11-4-12-25-39/h1-35H/i2D,7D,8D,20D,21D.